The third kappa shape index (κ3) is 3.76. The normalized spacial score (nSPS) is 11.5. The molecule has 6 aromatic heterocycles. The van der Waals surface area contributed by atoms with Crippen LogP contribution in [0.25, 0.3) is 32.3 Å². The summed E-state index contributed by atoms with van der Waals surface area (Å²) < 4.78 is 2.44. The molecule has 2 N–H and O–H groups in total. The van der Waals surface area contributed by atoms with Gasteiger partial charge in [0.25, 0.3) is 11.1 Å². The summed E-state index contributed by atoms with van der Waals surface area (Å²) in [6.45, 7) is 0. The van der Waals surface area contributed by atoms with E-state index >= 15 is 0 Å². The Balaban J connectivity index is 1.67. The van der Waals surface area contributed by atoms with Gasteiger partial charge in [-0.1, -0.05) is 23.2 Å². The molecule has 0 radical (unpaired) electrons. The topological polar surface area (TPSA) is 136 Å². The molecule has 0 saturated carbocycles. The van der Waals surface area contributed by atoms with Crippen molar-refractivity contribution in [1.82, 2.24) is 29.1 Å². The van der Waals surface area contributed by atoms with Gasteiger partial charge >= 0.3 is 0 Å². The number of halogens is 2. The summed E-state index contributed by atoms with van der Waals surface area (Å²) in [5.74, 6) is -0.767. The van der Waals surface area contributed by atoms with Crippen molar-refractivity contribution in [2.45, 2.75) is 6.42 Å². The maximum absolute atomic E-state index is 13.7. The van der Waals surface area contributed by atoms with Crippen LogP contribution in [0.5, 0.6) is 11.5 Å². The van der Waals surface area contributed by atoms with Crippen LogP contribution < -0.4 is 11.1 Å². The molecular weight excluding hydrogens is 559 g/mol. The van der Waals surface area contributed by atoms with Crippen LogP contribution >= 0.6 is 45.9 Å². The average Bonchev–Trinajstić information content (AvgIpc) is 3.59. The van der Waals surface area contributed by atoms with Gasteiger partial charge in [-0.15, -0.1) is 22.7 Å². The lowest BCUT2D eigenvalue weighted by Gasteiger charge is -2.15. The first-order valence-corrected chi connectivity index (χ1v) is 13.0. The molecule has 6 heterocycles. The van der Waals surface area contributed by atoms with E-state index in [-0.39, 0.29) is 55.0 Å². The molecule has 0 aromatic carbocycles. The van der Waals surface area contributed by atoms with Gasteiger partial charge in [0.05, 0.1) is 21.9 Å². The summed E-state index contributed by atoms with van der Waals surface area (Å²) >= 11 is 14.5. The van der Waals surface area contributed by atoms with Crippen LogP contribution in [0.1, 0.15) is 11.1 Å². The summed E-state index contributed by atoms with van der Waals surface area (Å²) in [4.78, 5) is 44.3. The molecule has 0 bridgehead atoms. The van der Waals surface area contributed by atoms with Gasteiger partial charge in [-0.05, 0) is 24.3 Å². The molecule has 0 amide bonds. The third-order valence-electron chi connectivity index (χ3n) is 5.69. The van der Waals surface area contributed by atoms with Gasteiger partial charge in [-0.2, -0.15) is 0 Å². The van der Waals surface area contributed by atoms with Crippen LogP contribution in [-0.2, 0) is 6.42 Å². The number of hydrogen-bond donors (Lipinski definition) is 2. The van der Waals surface area contributed by atoms with Gasteiger partial charge in [0.2, 0.25) is 0 Å². The number of pyridine rings is 4. The first-order chi connectivity index (χ1) is 17.8. The Morgan fingerprint density at radius 1 is 0.730 bits per heavy atom. The van der Waals surface area contributed by atoms with Crippen LogP contribution in [-0.4, -0.2) is 39.3 Å². The number of aromatic hydroxyl groups is 2. The molecule has 10 nitrogen and oxygen atoms in total. The number of nitrogens with zero attached hydrogens (tertiary/aromatic N) is 6. The van der Waals surface area contributed by atoms with Crippen molar-refractivity contribution in [3.8, 4) is 21.8 Å². The Morgan fingerprint density at radius 2 is 1.16 bits per heavy atom. The first-order valence-electron chi connectivity index (χ1n) is 10.5. The molecule has 0 atom stereocenters. The molecule has 0 aliphatic rings. The molecule has 0 saturated heterocycles. The molecule has 0 aliphatic heterocycles. The zero-order valence-electron chi connectivity index (χ0n) is 18.3. The van der Waals surface area contributed by atoms with E-state index in [1.54, 1.807) is 10.8 Å². The number of rotatable bonds is 4. The molecule has 0 aliphatic carbocycles. The molecule has 0 unspecified atom stereocenters. The second-order valence-corrected chi connectivity index (χ2v) is 10.3. The Hall–Kier alpha value is -3.84. The van der Waals surface area contributed by atoms with E-state index in [9.17, 15) is 19.8 Å². The van der Waals surface area contributed by atoms with Crippen LogP contribution in [0, 0.1) is 0 Å². The van der Waals surface area contributed by atoms with E-state index in [2.05, 4.69) is 19.9 Å². The first kappa shape index (κ1) is 23.6. The minimum atomic E-state index is -0.663. The standard InChI is InChI=1S/C23H12Cl2N6O4S2/c24-14-3-1-10-16(32)12(20(34)30(18(10)28-14)22-26-5-7-36-22)9-13-17(33)11-2-4-15(25)29-19(11)31(21(13)35)23-27-6-8-37-23/h1-8,32-33H,9H2. The van der Waals surface area contributed by atoms with E-state index in [1.807, 2.05) is 0 Å². The van der Waals surface area contributed by atoms with Crippen molar-refractivity contribution in [3.05, 3.63) is 89.6 Å². The highest BCUT2D eigenvalue weighted by atomic mass is 35.5. The minimum absolute atomic E-state index is 0.107. The fourth-order valence-corrected chi connectivity index (χ4v) is 5.62. The summed E-state index contributed by atoms with van der Waals surface area (Å²) in [7, 11) is 0. The summed E-state index contributed by atoms with van der Waals surface area (Å²) in [6, 6.07) is 5.99. The zero-order valence-corrected chi connectivity index (χ0v) is 21.4. The number of thiazole rings is 2. The maximum atomic E-state index is 13.7. The maximum Gasteiger partial charge on any atom is 0.265 e. The van der Waals surface area contributed by atoms with Gasteiger partial charge < -0.3 is 10.2 Å². The fraction of sp³-hybridized carbons (Fsp3) is 0.0435. The highest BCUT2D eigenvalue weighted by molar-refractivity contribution is 7.12. The Morgan fingerprint density at radius 3 is 1.54 bits per heavy atom. The van der Waals surface area contributed by atoms with Gasteiger partial charge in [-0.3, -0.25) is 9.59 Å². The molecule has 14 heteroatoms. The van der Waals surface area contributed by atoms with Gasteiger partial charge in [-0.25, -0.2) is 29.1 Å². The smallest absolute Gasteiger partial charge is 0.265 e. The van der Waals surface area contributed by atoms with Crippen LogP contribution in [0.3, 0.4) is 0 Å². The second kappa shape index (κ2) is 8.92. The van der Waals surface area contributed by atoms with Crippen molar-refractivity contribution < 1.29 is 10.2 Å². The average molecular weight is 571 g/mol. The second-order valence-electron chi connectivity index (χ2n) is 7.75. The lowest BCUT2D eigenvalue weighted by molar-refractivity contribution is 0.466. The summed E-state index contributed by atoms with van der Waals surface area (Å²) in [5, 5.41) is 26.9. The van der Waals surface area contributed by atoms with Gasteiger partial charge in [0, 0.05) is 29.6 Å². The summed E-state index contributed by atoms with van der Waals surface area (Å²) in [6.07, 6.45) is 2.65. The Bertz CT molecular complexity index is 1810. The molecular formula is C23H12Cl2N6O4S2. The largest absolute Gasteiger partial charge is 0.507 e. The van der Waals surface area contributed by atoms with Gasteiger partial charge in [0.1, 0.15) is 21.8 Å². The molecule has 6 rings (SSSR count). The van der Waals surface area contributed by atoms with E-state index in [0.29, 0.717) is 10.3 Å². The lowest BCUT2D eigenvalue weighted by atomic mass is 10.0. The quantitative estimate of drug-likeness (QED) is 0.299. The lowest BCUT2D eigenvalue weighted by Crippen LogP contribution is -2.28. The van der Waals surface area contributed by atoms with Crippen molar-refractivity contribution in [3.63, 3.8) is 0 Å². The highest BCUT2D eigenvalue weighted by Crippen LogP contribution is 2.33. The van der Waals surface area contributed by atoms with Crippen molar-refractivity contribution >= 4 is 67.9 Å². The Labute approximate surface area is 224 Å². The van der Waals surface area contributed by atoms with Crippen molar-refractivity contribution in [2.24, 2.45) is 0 Å². The van der Waals surface area contributed by atoms with E-state index in [0.717, 1.165) is 0 Å². The molecule has 37 heavy (non-hydrogen) atoms. The third-order valence-corrected chi connectivity index (χ3v) is 7.62. The monoisotopic (exact) mass is 570 g/mol. The molecule has 0 fully saturated rings. The number of fused-ring (bicyclic) bond motifs is 2. The zero-order chi connectivity index (χ0) is 25.8. The summed E-state index contributed by atoms with van der Waals surface area (Å²) in [5.41, 5.74) is -1.38. The highest BCUT2D eigenvalue weighted by Gasteiger charge is 2.25. The SMILES string of the molecule is O=c1c(Cc2c(O)c3ccc(Cl)nc3n(-c3nccs3)c2=O)c(O)c2ccc(Cl)nc2n1-c1nccs1. The van der Waals surface area contributed by atoms with Crippen molar-refractivity contribution in [1.29, 1.82) is 0 Å². The predicted molar refractivity (Wildman–Crippen MR) is 142 cm³/mol. The van der Waals surface area contributed by atoms with Crippen LogP contribution in [0.4, 0.5) is 0 Å². The predicted octanol–water partition coefficient (Wildman–Crippen LogP) is 4.31. The van der Waals surface area contributed by atoms with E-state index in [1.165, 1.54) is 68.5 Å². The number of hydrogen-bond acceptors (Lipinski definition) is 10. The van der Waals surface area contributed by atoms with E-state index < -0.39 is 17.5 Å². The fourth-order valence-electron chi connectivity index (χ4n) is 4.05. The number of aromatic nitrogens is 6. The Kier molecular flexibility index (Phi) is 5.68. The molecule has 6 aromatic rings. The molecule has 0 spiro atoms. The minimum Gasteiger partial charge on any atom is -0.507 e. The van der Waals surface area contributed by atoms with Crippen molar-refractivity contribution in [2.75, 3.05) is 0 Å². The van der Waals surface area contributed by atoms with Crippen LogP contribution in [0.15, 0.2) is 57.0 Å². The molecule has 184 valence electrons. The van der Waals surface area contributed by atoms with E-state index in [4.69, 9.17) is 23.2 Å². The van der Waals surface area contributed by atoms with Crippen LogP contribution in [0.2, 0.25) is 10.3 Å². The van der Waals surface area contributed by atoms with Gasteiger partial charge in [0.15, 0.2) is 21.6 Å².